The fourth-order valence-electron chi connectivity index (χ4n) is 9.73. The lowest BCUT2D eigenvalue weighted by atomic mass is 10.0. The Balaban J connectivity index is 4.31. The van der Waals surface area contributed by atoms with Gasteiger partial charge in [-0.05, 0) is 116 Å². The Morgan fingerprint density at radius 1 is 0.253 bits per heavy atom. The number of esters is 3. The predicted molar refractivity (Wildman–Crippen MR) is 362 cm³/mol. The first-order chi connectivity index (χ1) is 41.0. The van der Waals surface area contributed by atoms with E-state index in [-0.39, 0.29) is 31.1 Å². The summed E-state index contributed by atoms with van der Waals surface area (Å²) in [6, 6.07) is 0. The third-order valence-electron chi connectivity index (χ3n) is 15.0. The van der Waals surface area contributed by atoms with Gasteiger partial charge in [0, 0.05) is 19.3 Å². The maximum atomic E-state index is 12.9. The van der Waals surface area contributed by atoms with Crippen LogP contribution in [-0.2, 0) is 28.6 Å². The van der Waals surface area contributed by atoms with Crippen molar-refractivity contribution in [2.75, 3.05) is 13.2 Å². The van der Waals surface area contributed by atoms with E-state index < -0.39 is 6.10 Å². The van der Waals surface area contributed by atoms with Gasteiger partial charge in [0.2, 0.25) is 0 Å². The number of carbonyl (C=O) groups excluding carboxylic acids is 3. The fraction of sp³-hybridized carbons (Fsp3) is 0.701. The average molecular weight is 1150 g/mol. The number of allylic oxidation sites excluding steroid dienone is 20. The van der Waals surface area contributed by atoms with Gasteiger partial charge in [-0.3, -0.25) is 14.4 Å². The molecule has 474 valence electrons. The van der Waals surface area contributed by atoms with Crippen molar-refractivity contribution >= 4 is 17.9 Å². The highest BCUT2D eigenvalue weighted by atomic mass is 16.6. The molecule has 0 saturated heterocycles. The molecule has 0 aliphatic rings. The van der Waals surface area contributed by atoms with E-state index in [4.69, 9.17) is 14.2 Å². The van der Waals surface area contributed by atoms with E-state index in [2.05, 4.69) is 142 Å². The summed E-state index contributed by atoms with van der Waals surface area (Å²) in [5.74, 6) is -0.886. The molecule has 0 heterocycles. The molecule has 0 aliphatic heterocycles. The highest BCUT2D eigenvalue weighted by Gasteiger charge is 2.19. The Labute approximate surface area is 513 Å². The molecular formula is C77H130O6. The Kier molecular flexibility index (Phi) is 66.7. The van der Waals surface area contributed by atoms with Crippen LogP contribution in [0.2, 0.25) is 0 Å². The van der Waals surface area contributed by atoms with Gasteiger partial charge in [-0.1, -0.05) is 316 Å². The van der Waals surface area contributed by atoms with E-state index in [0.717, 1.165) is 128 Å². The number of carbonyl (C=O) groups is 3. The van der Waals surface area contributed by atoms with Gasteiger partial charge >= 0.3 is 17.9 Å². The van der Waals surface area contributed by atoms with Crippen LogP contribution in [0.3, 0.4) is 0 Å². The van der Waals surface area contributed by atoms with Crippen molar-refractivity contribution in [3.05, 3.63) is 122 Å². The second-order valence-electron chi connectivity index (χ2n) is 23.1. The van der Waals surface area contributed by atoms with Crippen molar-refractivity contribution in [1.82, 2.24) is 0 Å². The summed E-state index contributed by atoms with van der Waals surface area (Å²) in [6.45, 7) is 6.52. The van der Waals surface area contributed by atoms with Crippen molar-refractivity contribution in [3.63, 3.8) is 0 Å². The van der Waals surface area contributed by atoms with Crippen LogP contribution in [0, 0.1) is 0 Å². The Morgan fingerprint density at radius 3 is 0.759 bits per heavy atom. The average Bonchev–Trinajstić information content (AvgIpc) is 3.49. The molecule has 0 saturated carbocycles. The molecule has 0 radical (unpaired) electrons. The molecule has 0 bridgehead atoms. The topological polar surface area (TPSA) is 78.9 Å². The minimum absolute atomic E-state index is 0.0819. The number of rotatable bonds is 63. The molecule has 0 aromatic heterocycles. The van der Waals surface area contributed by atoms with E-state index in [0.29, 0.717) is 19.3 Å². The van der Waals surface area contributed by atoms with E-state index >= 15 is 0 Å². The molecule has 0 aromatic rings. The minimum atomic E-state index is -0.788. The van der Waals surface area contributed by atoms with Crippen molar-refractivity contribution in [2.45, 2.75) is 335 Å². The van der Waals surface area contributed by atoms with E-state index in [1.54, 1.807) is 0 Å². The quantitative estimate of drug-likeness (QED) is 0.0261. The zero-order valence-electron chi connectivity index (χ0n) is 54.4. The number of hydrogen-bond acceptors (Lipinski definition) is 6. The second-order valence-corrected chi connectivity index (χ2v) is 23.1. The van der Waals surface area contributed by atoms with Crippen LogP contribution in [-0.4, -0.2) is 37.2 Å². The molecule has 1 unspecified atom stereocenters. The lowest BCUT2D eigenvalue weighted by Gasteiger charge is -2.18. The van der Waals surface area contributed by atoms with Crippen LogP contribution in [0.4, 0.5) is 0 Å². The molecular weight excluding hydrogens is 1020 g/mol. The SMILES string of the molecule is CC/C=C\C/C=C\C/C=C\C/C=C\C/C=C\C/C=C\C/C=C\C/C=C\CCCCCCCCCCC(=O)OCC(COC(=O)CCCCCCCCCCCCCCCCC)OC(=O)CCCCCCCCC/C=C\C/C=C\CCCCC. The Bertz CT molecular complexity index is 1700. The summed E-state index contributed by atoms with van der Waals surface area (Å²) >= 11 is 0. The smallest absolute Gasteiger partial charge is 0.306 e. The monoisotopic (exact) mass is 1150 g/mol. The molecule has 0 spiro atoms. The summed E-state index contributed by atoms with van der Waals surface area (Å²) < 4.78 is 17.0. The zero-order valence-corrected chi connectivity index (χ0v) is 54.4. The third kappa shape index (κ3) is 68.5. The first-order valence-corrected chi connectivity index (χ1v) is 35.0. The lowest BCUT2D eigenvalue weighted by Crippen LogP contribution is -2.30. The number of hydrogen-bond donors (Lipinski definition) is 0. The standard InChI is InChI=1S/C77H130O6/c1-4-7-10-13-16-19-22-25-28-30-31-32-33-34-35-36-37-38-39-40-41-42-43-44-45-47-49-52-55-58-61-64-67-70-76(79)82-73-74(72-81-75(78)69-66-63-60-57-54-51-48-27-24-21-18-15-12-9-6-3)83-77(80)71-68-65-62-59-56-53-50-46-29-26-23-20-17-14-11-8-5-2/h7,10,16-17,19-20,25-26,28-29,31-32,34-35,37-38,40-41,43-44,74H,4-6,8-9,11-15,18,21-24,27,30,33,36,39,42,45-73H2,1-3H3/b10-7-,19-16-,20-17-,28-25-,29-26-,32-31-,35-34-,38-37-,41-40-,44-43-. The summed E-state index contributed by atoms with van der Waals surface area (Å²) in [7, 11) is 0. The second kappa shape index (κ2) is 70.3. The summed E-state index contributed by atoms with van der Waals surface area (Å²) in [5.41, 5.74) is 0. The normalized spacial score (nSPS) is 12.9. The molecule has 0 rings (SSSR count). The molecule has 0 aliphatic carbocycles. The summed E-state index contributed by atoms with van der Waals surface area (Å²) in [5, 5.41) is 0. The van der Waals surface area contributed by atoms with Crippen molar-refractivity contribution in [2.24, 2.45) is 0 Å². The van der Waals surface area contributed by atoms with Crippen molar-refractivity contribution in [1.29, 1.82) is 0 Å². The zero-order chi connectivity index (χ0) is 59.9. The molecule has 6 heteroatoms. The van der Waals surface area contributed by atoms with E-state index in [1.165, 1.54) is 161 Å². The minimum Gasteiger partial charge on any atom is -0.462 e. The summed E-state index contributed by atoms with van der Waals surface area (Å²) in [4.78, 5) is 38.4. The van der Waals surface area contributed by atoms with Gasteiger partial charge in [0.1, 0.15) is 13.2 Å². The Morgan fingerprint density at radius 2 is 0.470 bits per heavy atom. The van der Waals surface area contributed by atoms with Crippen LogP contribution in [0.25, 0.3) is 0 Å². The Hall–Kier alpha value is -4.19. The fourth-order valence-corrected chi connectivity index (χ4v) is 9.73. The van der Waals surface area contributed by atoms with Gasteiger partial charge in [0.05, 0.1) is 0 Å². The number of unbranched alkanes of at least 4 members (excludes halogenated alkanes) is 32. The molecule has 0 N–H and O–H groups in total. The van der Waals surface area contributed by atoms with Crippen molar-refractivity contribution in [3.8, 4) is 0 Å². The largest absolute Gasteiger partial charge is 0.462 e. The van der Waals surface area contributed by atoms with Crippen molar-refractivity contribution < 1.29 is 28.6 Å². The van der Waals surface area contributed by atoms with Crippen LogP contribution in [0.15, 0.2) is 122 Å². The van der Waals surface area contributed by atoms with Gasteiger partial charge in [0.15, 0.2) is 6.10 Å². The lowest BCUT2D eigenvalue weighted by molar-refractivity contribution is -0.167. The van der Waals surface area contributed by atoms with Crippen LogP contribution in [0.5, 0.6) is 0 Å². The van der Waals surface area contributed by atoms with Gasteiger partial charge in [-0.25, -0.2) is 0 Å². The molecule has 0 aromatic carbocycles. The molecule has 0 amide bonds. The van der Waals surface area contributed by atoms with Gasteiger partial charge in [-0.15, -0.1) is 0 Å². The van der Waals surface area contributed by atoms with Crippen LogP contribution < -0.4 is 0 Å². The maximum absolute atomic E-state index is 12.9. The molecule has 0 fully saturated rings. The molecule has 83 heavy (non-hydrogen) atoms. The first kappa shape index (κ1) is 78.8. The highest BCUT2D eigenvalue weighted by molar-refractivity contribution is 5.71. The van der Waals surface area contributed by atoms with Gasteiger partial charge in [-0.2, -0.15) is 0 Å². The van der Waals surface area contributed by atoms with Gasteiger partial charge in [0.25, 0.3) is 0 Å². The first-order valence-electron chi connectivity index (χ1n) is 35.0. The van der Waals surface area contributed by atoms with E-state index in [1.807, 2.05) is 0 Å². The summed E-state index contributed by atoms with van der Waals surface area (Å²) in [6.07, 6.45) is 97.8. The molecule has 1 atom stereocenters. The highest BCUT2D eigenvalue weighted by Crippen LogP contribution is 2.17. The van der Waals surface area contributed by atoms with Crippen LogP contribution >= 0.6 is 0 Å². The van der Waals surface area contributed by atoms with Crippen LogP contribution in [0.1, 0.15) is 329 Å². The third-order valence-corrected chi connectivity index (χ3v) is 15.0. The number of ether oxygens (including phenoxy) is 3. The van der Waals surface area contributed by atoms with E-state index in [9.17, 15) is 14.4 Å². The predicted octanol–water partition coefficient (Wildman–Crippen LogP) is 24.3. The maximum Gasteiger partial charge on any atom is 0.306 e. The molecule has 6 nitrogen and oxygen atoms in total. The van der Waals surface area contributed by atoms with Gasteiger partial charge < -0.3 is 14.2 Å².